The maximum absolute atomic E-state index is 4.04. The number of hydrogen-bond donors (Lipinski definition) is 1. The number of pyridine rings is 1. The van der Waals surface area contributed by atoms with E-state index in [1.165, 1.54) is 15.4 Å². The number of nitrogens with one attached hydrogen (secondary N) is 1. The molecule has 2 rings (SSSR count). The Kier molecular flexibility index (Phi) is 6.07. The van der Waals surface area contributed by atoms with E-state index in [-0.39, 0.29) is 0 Å². The van der Waals surface area contributed by atoms with E-state index in [1.54, 1.807) is 11.8 Å². The van der Waals surface area contributed by atoms with Gasteiger partial charge in [-0.25, -0.2) is 0 Å². The van der Waals surface area contributed by atoms with Crippen molar-refractivity contribution < 1.29 is 0 Å². The van der Waals surface area contributed by atoms with Gasteiger partial charge in [0.2, 0.25) is 0 Å². The predicted octanol–water partition coefficient (Wildman–Crippen LogP) is 4.74. The van der Waals surface area contributed by atoms with E-state index >= 15 is 0 Å². The number of halogens is 1. The van der Waals surface area contributed by atoms with Gasteiger partial charge in [-0.05, 0) is 42.3 Å². The van der Waals surface area contributed by atoms with Crippen molar-refractivity contribution in [1.82, 2.24) is 10.3 Å². The quantitative estimate of drug-likeness (QED) is 0.814. The molecule has 1 aromatic carbocycles. The fraction of sp³-hybridized carbons (Fsp3) is 0.312. The van der Waals surface area contributed by atoms with Crippen LogP contribution in [0, 0.1) is 5.92 Å². The van der Waals surface area contributed by atoms with Crippen molar-refractivity contribution >= 4 is 27.7 Å². The standard InChI is InChI=1S/C16H19BrN2S/c1-12(2)10-19-11-13-3-4-15(9-16(13)17)20-14-5-7-18-8-6-14/h3-9,12,19H,10-11H2,1-2H3. The molecule has 0 aliphatic rings. The van der Waals surface area contributed by atoms with Gasteiger partial charge in [-0.1, -0.05) is 47.6 Å². The zero-order valence-corrected chi connectivity index (χ0v) is 14.2. The third kappa shape index (κ3) is 4.93. The average Bonchev–Trinajstić information content (AvgIpc) is 2.42. The molecule has 0 saturated carbocycles. The molecule has 0 atom stereocenters. The van der Waals surface area contributed by atoms with E-state index in [4.69, 9.17) is 0 Å². The molecule has 1 aromatic heterocycles. The van der Waals surface area contributed by atoms with E-state index < -0.39 is 0 Å². The molecule has 0 spiro atoms. The fourth-order valence-electron chi connectivity index (χ4n) is 1.77. The molecular weight excluding hydrogens is 332 g/mol. The lowest BCUT2D eigenvalue weighted by atomic mass is 10.2. The Morgan fingerprint density at radius 3 is 2.55 bits per heavy atom. The summed E-state index contributed by atoms with van der Waals surface area (Å²) in [5.74, 6) is 0.676. The highest BCUT2D eigenvalue weighted by atomic mass is 79.9. The largest absolute Gasteiger partial charge is 0.312 e. The highest BCUT2D eigenvalue weighted by Gasteiger charge is 2.03. The van der Waals surface area contributed by atoms with Gasteiger partial charge in [0.15, 0.2) is 0 Å². The second-order valence-electron chi connectivity index (χ2n) is 5.06. The second kappa shape index (κ2) is 7.81. The minimum Gasteiger partial charge on any atom is -0.312 e. The van der Waals surface area contributed by atoms with E-state index in [0.717, 1.165) is 17.6 Å². The summed E-state index contributed by atoms with van der Waals surface area (Å²) in [6.07, 6.45) is 3.64. The number of rotatable bonds is 6. The molecular formula is C16H19BrN2S. The van der Waals surface area contributed by atoms with Crippen LogP contribution in [0.3, 0.4) is 0 Å². The van der Waals surface area contributed by atoms with Crippen molar-refractivity contribution in [3.63, 3.8) is 0 Å². The van der Waals surface area contributed by atoms with Crippen LogP contribution in [0.25, 0.3) is 0 Å². The Hall–Kier alpha value is -0.840. The van der Waals surface area contributed by atoms with E-state index in [1.807, 2.05) is 24.5 Å². The summed E-state index contributed by atoms with van der Waals surface area (Å²) in [6.45, 7) is 6.38. The van der Waals surface area contributed by atoms with Gasteiger partial charge < -0.3 is 5.32 Å². The summed E-state index contributed by atoms with van der Waals surface area (Å²) in [5, 5.41) is 3.47. The van der Waals surface area contributed by atoms with Crippen LogP contribution >= 0.6 is 27.7 Å². The highest BCUT2D eigenvalue weighted by Crippen LogP contribution is 2.30. The lowest BCUT2D eigenvalue weighted by molar-refractivity contribution is 0.551. The van der Waals surface area contributed by atoms with Crippen LogP contribution in [-0.4, -0.2) is 11.5 Å². The summed E-state index contributed by atoms with van der Waals surface area (Å²) in [4.78, 5) is 6.47. The molecule has 0 bridgehead atoms. The van der Waals surface area contributed by atoms with Crippen molar-refractivity contribution in [1.29, 1.82) is 0 Å². The first kappa shape index (κ1) is 15.5. The van der Waals surface area contributed by atoms with Gasteiger partial charge in [0, 0.05) is 33.2 Å². The maximum atomic E-state index is 4.04. The predicted molar refractivity (Wildman–Crippen MR) is 89.0 cm³/mol. The molecule has 20 heavy (non-hydrogen) atoms. The Morgan fingerprint density at radius 1 is 1.15 bits per heavy atom. The number of hydrogen-bond acceptors (Lipinski definition) is 3. The molecule has 0 fully saturated rings. The molecule has 0 amide bonds. The van der Waals surface area contributed by atoms with Gasteiger partial charge in [0.05, 0.1) is 0 Å². The zero-order valence-electron chi connectivity index (χ0n) is 11.8. The Bertz CT molecular complexity index is 543. The van der Waals surface area contributed by atoms with E-state index in [0.29, 0.717) is 5.92 Å². The second-order valence-corrected chi connectivity index (χ2v) is 7.06. The molecule has 0 aliphatic carbocycles. The minimum atomic E-state index is 0.676. The molecule has 1 heterocycles. The van der Waals surface area contributed by atoms with Crippen LogP contribution in [0.4, 0.5) is 0 Å². The van der Waals surface area contributed by atoms with Crippen molar-refractivity contribution in [2.45, 2.75) is 30.2 Å². The zero-order chi connectivity index (χ0) is 14.4. The van der Waals surface area contributed by atoms with Crippen molar-refractivity contribution in [3.8, 4) is 0 Å². The highest BCUT2D eigenvalue weighted by molar-refractivity contribution is 9.10. The fourth-order valence-corrected chi connectivity index (χ4v) is 3.29. The topological polar surface area (TPSA) is 24.9 Å². The molecule has 0 radical (unpaired) electrons. The normalized spacial score (nSPS) is 11.0. The lowest BCUT2D eigenvalue weighted by Gasteiger charge is -2.10. The van der Waals surface area contributed by atoms with Gasteiger partial charge in [0.25, 0.3) is 0 Å². The van der Waals surface area contributed by atoms with Crippen molar-refractivity contribution in [3.05, 3.63) is 52.8 Å². The van der Waals surface area contributed by atoms with Gasteiger partial charge >= 0.3 is 0 Å². The number of benzene rings is 1. The third-order valence-electron chi connectivity index (χ3n) is 2.78. The minimum absolute atomic E-state index is 0.676. The Morgan fingerprint density at radius 2 is 1.90 bits per heavy atom. The van der Waals surface area contributed by atoms with Crippen LogP contribution in [0.2, 0.25) is 0 Å². The third-order valence-corrected chi connectivity index (χ3v) is 4.51. The van der Waals surface area contributed by atoms with Crippen molar-refractivity contribution in [2.24, 2.45) is 5.92 Å². The van der Waals surface area contributed by atoms with Crippen LogP contribution < -0.4 is 5.32 Å². The monoisotopic (exact) mass is 350 g/mol. The summed E-state index contributed by atoms with van der Waals surface area (Å²) in [6, 6.07) is 10.6. The molecule has 0 saturated heterocycles. The van der Waals surface area contributed by atoms with Gasteiger partial charge in [-0.2, -0.15) is 0 Å². The first-order valence-electron chi connectivity index (χ1n) is 6.72. The smallest absolute Gasteiger partial charge is 0.0279 e. The summed E-state index contributed by atoms with van der Waals surface area (Å²) < 4.78 is 1.16. The molecule has 2 aromatic rings. The van der Waals surface area contributed by atoms with E-state index in [9.17, 15) is 0 Å². The first-order valence-corrected chi connectivity index (χ1v) is 8.33. The summed E-state index contributed by atoms with van der Waals surface area (Å²) >= 11 is 5.41. The van der Waals surface area contributed by atoms with Crippen LogP contribution in [0.5, 0.6) is 0 Å². The molecule has 2 nitrogen and oxygen atoms in total. The van der Waals surface area contributed by atoms with Gasteiger partial charge in [-0.3, -0.25) is 4.98 Å². The first-order chi connectivity index (χ1) is 9.65. The Balaban J connectivity index is 1.98. The summed E-state index contributed by atoms with van der Waals surface area (Å²) in [7, 11) is 0. The van der Waals surface area contributed by atoms with E-state index in [2.05, 4.69) is 58.3 Å². The number of aromatic nitrogens is 1. The molecule has 0 aliphatic heterocycles. The number of nitrogens with zero attached hydrogens (tertiary/aromatic N) is 1. The van der Waals surface area contributed by atoms with Gasteiger partial charge in [0.1, 0.15) is 0 Å². The average molecular weight is 351 g/mol. The molecule has 106 valence electrons. The maximum Gasteiger partial charge on any atom is 0.0279 e. The van der Waals surface area contributed by atoms with Crippen molar-refractivity contribution in [2.75, 3.05) is 6.54 Å². The summed E-state index contributed by atoms with van der Waals surface area (Å²) in [5.41, 5.74) is 1.30. The van der Waals surface area contributed by atoms with Crippen LogP contribution in [0.15, 0.2) is 57.0 Å². The molecule has 1 N–H and O–H groups in total. The molecule has 0 unspecified atom stereocenters. The van der Waals surface area contributed by atoms with Crippen LogP contribution in [-0.2, 0) is 6.54 Å². The van der Waals surface area contributed by atoms with Gasteiger partial charge in [-0.15, -0.1) is 0 Å². The Labute approximate surface area is 133 Å². The van der Waals surface area contributed by atoms with Crippen LogP contribution in [0.1, 0.15) is 19.4 Å². The lowest BCUT2D eigenvalue weighted by Crippen LogP contribution is -2.19. The molecule has 4 heteroatoms. The SMILES string of the molecule is CC(C)CNCc1ccc(Sc2ccncc2)cc1Br.